The van der Waals surface area contributed by atoms with Crippen molar-refractivity contribution < 1.29 is 38.9 Å². The molecule has 0 unspecified atom stereocenters. The van der Waals surface area contributed by atoms with E-state index in [9.17, 15) is 29.4 Å². The number of nitrogens with one attached hydrogen (secondary N) is 1. The summed E-state index contributed by atoms with van der Waals surface area (Å²) in [4.78, 5) is 50.0. The maximum absolute atomic E-state index is 13.2. The van der Waals surface area contributed by atoms with E-state index in [0.717, 1.165) is 4.90 Å². The van der Waals surface area contributed by atoms with E-state index in [1.807, 2.05) is 20.8 Å². The summed E-state index contributed by atoms with van der Waals surface area (Å²) in [6, 6.07) is -0.714. The number of hydrogen-bond acceptors (Lipinski definition) is 6. The molecular formula is C20H36N2O8. The van der Waals surface area contributed by atoms with Crippen LogP contribution in [0.3, 0.4) is 0 Å². The Balaban J connectivity index is 5.56. The van der Waals surface area contributed by atoms with E-state index < -0.39 is 41.1 Å². The first-order valence-electron chi connectivity index (χ1n) is 9.93. The van der Waals surface area contributed by atoms with Crippen LogP contribution in [0.15, 0.2) is 0 Å². The second-order valence-electron chi connectivity index (χ2n) is 8.71. The summed E-state index contributed by atoms with van der Waals surface area (Å²) in [5.74, 6) is -7.48. The highest BCUT2D eigenvalue weighted by Crippen LogP contribution is 2.26. The van der Waals surface area contributed by atoms with Gasteiger partial charge in [-0.05, 0) is 17.8 Å². The van der Waals surface area contributed by atoms with Gasteiger partial charge in [-0.3, -0.25) is 19.3 Å². The van der Waals surface area contributed by atoms with Crippen LogP contribution in [0.2, 0.25) is 0 Å². The van der Waals surface area contributed by atoms with E-state index >= 15 is 0 Å². The van der Waals surface area contributed by atoms with Crippen LogP contribution in [0.4, 0.5) is 4.79 Å². The Morgan fingerprint density at radius 2 is 1.57 bits per heavy atom. The summed E-state index contributed by atoms with van der Waals surface area (Å²) in [5, 5.41) is 21.4. The van der Waals surface area contributed by atoms with Gasteiger partial charge in [0.15, 0.2) is 5.92 Å². The lowest BCUT2D eigenvalue weighted by Gasteiger charge is -2.32. The van der Waals surface area contributed by atoms with Crippen LogP contribution >= 0.6 is 0 Å². The second kappa shape index (κ2) is 13.2. The zero-order chi connectivity index (χ0) is 23.5. The highest BCUT2D eigenvalue weighted by Gasteiger charge is 2.43. The van der Waals surface area contributed by atoms with Crippen LogP contribution < -0.4 is 5.32 Å². The number of carbonyl (C=O) groups excluding carboxylic acids is 2. The number of methoxy groups -OCH3 is 1. The molecule has 10 nitrogen and oxygen atoms in total. The Kier molecular flexibility index (Phi) is 12.2. The predicted molar refractivity (Wildman–Crippen MR) is 109 cm³/mol. The maximum atomic E-state index is 13.2. The monoisotopic (exact) mass is 432 g/mol. The Morgan fingerprint density at radius 3 is 2.00 bits per heavy atom. The Bertz CT molecular complexity index is 572. The van der Waals surface area contributed by atoms with Crippen LogP contribution in [0, 0.1) is 23.2 Å². The van der Waals surface area contributed by atoms with Crippen molar-refractivity contribution in [3.63, 3.8) is 0 Å². The molecule has 0 rings (SSSR count). The molecule has 1 atom stereocenters. The van der Waals surface area contributed by atoms with E-state index in [-0.39, 0.29) is 32.0 Å². The molecule has 0 aliphatic rings. The molecule has 0 heterocycles. The molecular weight excluding hydrogens is 396 g/mol. The third kappa shape index (κ3) is 10.5. The highest BCUT2D eigenvalue weighted by molar-refractivity contribution is 6.02. The van der Waals surface area contributed by atoms with E-state index in [1.54, 1.807) is 13.8 Å². The zero-order valence-corrected chi connectivity index (χ0v) is 18.8. The largest absolute Gasteiger partial charge is 0.481 e. The van der Waals surface area contributed by atoms with E-state index in [0.29, 0.717) is 13.2 Å². The van der Waals surface area contributed by atoms with Gasteiger partial charge >= 0.3 is 18.0 Å². The molecule has 0 aromatic rings. The average molecular weight is 433 g/mol. The summed E-state index contributed by atoms with van der Waals surface area (Å²) in [7, 11) is 1.54. The van der Waals surface area contributed by atoms with Crippen LogP contribution in [0.1, 0.15) is 41.0 Å². The lowest BCUT2D eigenvalue weighted by atomic mass is 9.83. The molecule has 0 aromatic carbocycles. The van der Waals surface area contributed by atoms with Crippen molar-refractivity contribution in [3.8, 4) is 0 Å². The number of nitrogens with zero attached hydrogens (tertiary/aromatic N) is 1. The van der Waals surface area contributed by atoms with Gasteiger partial charge < -0.3 is 25.0 Å². The summed E-state index contributed by atoms with van der Waals surface area (Å²) in [6.07, 6.45) is 0.0240. The zero-order valence-electron chi connectivity index (χ0n) is 18.8. The van der Waals surface area contributed by atoms with Crippen molar-refractivity contribution in [2.24, 2.45) is 23.2 Å². The van der Waals surface area contributed by atoms with Crippen molar-refractivity contribution >= 4 is 23.9 Å². The molecule has 10 heteroatoms. The van der Waals surface area contributed by atoms with Crippen LogP contribution in [0.25, 0.3) is 0 Å². The molecule has 0 aliphatic carbocycles. The topological polar surface area (TPSA) is 142 Å². The van der Waals surface area contributed by atoms with Gasteiger partial charge in [0.25, 0.3) is 0 Å². The van der Waals surface area contributed by atoms with Gasteiger partial charge in [-0.2, -0.15) is 0 Å². The first-order valence-corrected chi connectivity index (χ1v) is 9.93. The number of carboxylic acid groups (broad SMARTS) is 2. The van der Waals surface area contributed by atoms with Gasteiger partial charge in [-0.1, -0.05) is 34.6 Å². The fraction of sp³-hybridized carbons (Fsp3) is 0.800. The summed E-state index contributed by atoms with van der Waals surface area (Å²) in [6.45, 7) is 10.1. The lowest BCUT2D eigenvalue weighted by Crippen LogP contribution is -2.52. The number of carbonyl (C=O) groups is 4. The first kappa shape index (κ1) is 27.8. The number of hydrogen-bond donors (Lipinski definition) is 3. The number of rotatable bonds is 13. The molecule has 0 spiro atoms. The molecule has 0 bridgehead atoms. The van der Waals surface area contributed by atoms with Crippen molar-refractivity contribution in [3.05, 3.63) is 0 Å². The molecule has 0 fully saturated rings. The Morgan fingerprint density at radius 1 is 1.00 bits per heavy atom. The van der Waals surface area contributed by atoms with E-state index in [1.165, 1.54) is 7.11 Å². The number of aliphatic carboxylic acids is 2. The number of carboxylic acids is 2. The molecule has 174 valence electrons. The molecule has 3 N–H and O–H groups in total. The number of imide groups is 1. The average Bonchev–Trinajstić information content (AvgIpc) is 2.59. The molecule has 0 aromatic heterocycles. The summed E-state index contributed by atoms with van der Waals surface area (Å²) in [5.41, 5.74) is -0.480. The third-order valence-corrected chi connectivity index (χ3v) is 4.08. The van der Waals surface area contributed by atoms with E-state index in [2.05, 4.69) is 5.32 Å². The quantitative estimate of drug-likeness (QED) is 0.295. The normalized spacial score (nSPS) is 12.7. The van der Waals surface area contributed by atoms with Gasteiger partial charge in [0.05, 0.1) is 25.7 Å². The Labute approximate surface area is 177 Å². The summed E-state index contributed by atoms with van der Waals surface area (Å²) < 4.78 is 10.1. The van der Waals surface area contributed by atoms with Gasteiger partial charge in [0.1, 0.15) is 0 Å². The summed E-state index contributed by atoms with van der Waals surface area (Å²) >= 11 is 0. The fourth-order valence-corrected chi connectivity index (χ4v) is 2.83. The smallest absolute Gasteiger partial charge is 0.324 e. The van der Waals surface area contributed by atoms with Crippen LogP contribution in [-0.2, 0) is 23.9 Å². The van der Waals surface area contributed by atoms with E-state index in [4.69, 9.17) is 9.47 Å². The highest BCUT2D eigenvalue weighted by atomic mass is 16.5. The molecule has 0 saturated carbocycles. The molecule has 0 radical (unpaired) electrons. The van der Waals surface area contributed by atoms with Crippen molar-refractivity contribution in [1.29, 1.82) is 0 Å². The van der Waals surface area contributed by atoms with Crippen LogP contribution in [0.5, 0.6) is 0 Å². The SMILES string of the molecule is COCCOCCNC(=O)N(CC(C)(C)C)C(=O)[C@H](CC(C)C)C(C(=O)O)C(=O)O. The fourth-order valence-electron chi connectivity index (χ4n) is 2.83. The Hall–Kier alpha value is -2.20. The predicted octanol–water partition coefficient (Wildman–Crippen LogP) is 1.68. The minimum Gasteiger partial charge on any atom is -0.481 e. The third-order valence-electron chi connectivity index (χ3n) is 4.08. The molecule has 3 amide bonds. The van der Waals surface area contributed by atoms with Gasteiger partial charge in [0, 0.05) is 20.2 Å². The second-order valence-corrected chi connectivity index (χ2v) is 8.71. The van der Waals surface area contributed by atoms with Gasteiger partial charge in [-0.15, -0.1) is 0 Å². The molecule has 30 heavy (non-hydrogen) atoms. The minimum atomic E-state index is -1.94. The number of urea groups is 1. The van der Waals surface area contributed by atoms with Gasteiger partial charge in [0.2, 0.25) is 5.91 Å². The maximum Gasteiger partial charge on any atom is 0.324 e. The van der Waals surface area contributed by atoms with Crippen molar-refractivity contribution in [2.75, 3.05) is 40.0 Å². The molecule has 0 saturated heterocycles. The molecule has 0 aliphatic heterocycles. The first-order chi connectivity index (χ1) is 13.8. The number of amides is 3. The number of ether oxygens (including phenoxy) is 2. The minimum absolute atomic E-state index is 0.00273. The van der Waals surface area contributed by atoms with Crippen molar-refractivity contribution in [2.45, 2.75) is 41.0 Å². The van der Waals surface area contributed by atoms with Gasteiger partial charge in [-0.25, -0.2) is 4.79 Å². The standard InChI is InChI=1S/C20H36N2O8/c1-13(2)11-14(15(17(24)25)18(26)27)16(23)22(12-20(3,4)5)19(28)21-7-8-30-10-9-29-6/h13-15H,7-12H2,1-6H3,(H,21,28)(H,24,25)(H,26,27)/t14-/m1/s1. The van der Waals surface area contributed by atoms with Crippen molar-refractivity contribution in [1.82, 2.24) is 10.2 Å². The lowest BCUT2D eigenvalue weighted by molar-refractivity contribution is -0.162. The van der Waals surface area contributed by atoms with Crippen LogP contribution in [-0.4, -0.2) is 79.0 Å².